The first-order valence-electron chi connectivity index (χ1n) is 9.93. The molecular formula is C23H23N3O2. The molecule has 28 heavy (non-hydrogen) atoms. The Labute approximate surface area is 164 Å². The standard InChI is InChI=1S/C23H23N3O2/c1-22(15-16-9-3-2-4-10-16)20-25-23(13-7-8-14-23)21(28)26(20)18-12-6-5-11-17(18)19(27)24-22/h2-6,9-12H,7-8,13-15H2,1H3,(H,24,27). The summed E-state index contributed by atoms with van der Waals surface area (Å²) in [5, 5.41) is 3.19. The molecule has 2 aliphatic heterocycles. The van der Waals surface area contributed by atoms with Gasteiger partial charge in [-0.25, -0.2) is 0 Å². The van der Waals surface area contributed by atoms with Gasteiger partial charge in [0.2, 0.25) is 0 Å². The molecule has 1 spiro atoms. The molecule has 5 nitrogen and oxygen atoms in total. The molecule has 2 heterocycles. The highest BCUT2D eigenvalue weighted by molar-refractivity contribution is 6.30. The van der Waals surface area contributed by atoms with E-state index < -0.39 is 11.1 Å². The van der Waals surface area contributed by atoms with Gasteiger partial charge >= 0.3 is 0 Å². The number of hydrogen-bond acceptors (Lipinski definition) is 3. The van der Waals surface area contributed by atoms with Gasteiger partial charge in [-0.3, -0.25) is 19.5 Å². The van der Waals surface area contributed by atoms with Crippen molar-refractivity contribution in [2.45, 2.75) is 50.1 Å². The van der Waals surface area contributed by atoms with Crippen LogP contribution in [0.3, 0.4) is 0 Å². The Balaban J connectivity index is 1.69. The maximum Gasteiger partial charge on any atom is 0.260 e. The first-order chi connectivity index (χ1) is 13.5. The van der Waals surface area contributed by atoms with Crippen molar-refractivity contribution in [2.75, 3.05) is 4.90 Å². The lowest BCUT2D eigenvalue weighted by Gasteiger charge is -2.32. The summed E-state index contributed by atoms with van der Waals surface area (Å²) >= 11 is 0. The molecule has 1 aliphatic carbocycles. The first-order valence-corrected chi connectivity index (χ1v) is 9.93. The van der Waals surface area contributed by atoms with Crippen molar-refractivity contribution in [1.82, 2.24) is 5.32 Å². The fourth-order valence-electron chi connectivity index (χ4n) is 4.85. The van der Waals surface area contributed by atoms with Crippen molar-refractivity contribution in [3.05, 3.63) is 65.7 Å². The minimum absolute atomic E-state index is 0.0169. The van der Waals surface area contributed by atoms with Crippen molar-refractivity contribution in [1.29, 1.82) is 0 Å². The topological polar surface area (TPSA) is 61.8 Å². The maximum atomic E-state index is 13.6. The molecule has 1 unspecified atom stereocenters. The lowest BCUT2D eigenvalue weighted by Crippen LogP contribution is -2.57. The van der Waals surface area contributed by atoms with Crippen LogP contribution in [0, 0.1) is 0 Å². The van der Waals surface area contributed by atoms with E-state index in [1.54, 1.807) is 11.0 Å². The molecule has 1 atom stereocenters. The molecule has 2 aromatic rings. The van der Waals surface area contributed by atoms with Gasteiger partial charge in [-0.1, -0.05) is 55.3 Å². The van der Waals surface area contributed by atoms with Crippen molar-refractivity contribution < 1.29 is 9.59 Å². The molecule has 0 saturated heterocycles. The molecule has 3 aliphatic rings. The average Bonchev–Trinajstić information content (AvgIpc) is 3.26. The molecule has 2 amide bonds. The van der Waals surface area contributed by atoms with Gasteiger partial charge in [0.25, 0.3) is 11.8 Å². The Kier molecular flexibility index (Phi) is 3.69. The van der Waals surface area contributed by atoms with E-state index in [0.717, 1.165) is 31.2 Å². The lowest BCUT2D eigenvalue weighted by atomic mass is 9.91. The van der Waals surface area contributed by atoms with Gasteiger partial charge < -0.3 is 5.32 Å². The summed E-state index contributed by atoms with van der Waals surface area (Å²) in [4.78, 5) is 33.4. The van der Waals surface area contributed by atoms with Crippen LogP contribution in [0.1, 0.15) is 48.5 Å². The van der Waals surface area contributed by atoms with Gasteiger partial charge in [0.15, 0.2) is 0 Å². The van der Waals surface area contributed by atoms with E-state index in [1.807, 2.05) is 55.5 Å². The summed E-state index contributed by atoms with van der Waals surface area (Å²) in [6.07, 6.45) is 4.17. The quantitative estimate of drug-likeness (QED) is 0.876. The number of nitrogens with one attached hydrogen (secondary N) is 1. The summed E-state index contributed by atoms with van der Waals surface area (Å²) in [6.45, 7) is 1.98. The van der Waals surface area contributed by atoms with Gasteiger partial charge in [-0.2, -0.15) is 0 Å². The van der Waals surface area contributed by atoms with Crippen molar-refractivity contribution in [3.63, 3.8) is 0 Å². The van der Waals surface area contributed by atoms with E-state index in [9.17, 15) is 9.59 Å². The minimum atomic E-state index is -0.765. The van der Waals surface area contributed by atoms with Gasteiger partial charge in [0, 0.05) is 6.42 Å². The Hall–Kier alpha value is -2.95. The highest BCUT2D eigenvalue weighted by Crippen LogP contribution is 2.44. The highest BCUT2D eigenvalue weighted by Gasteiger charge is 2.56. The summed E-state index contributed by atoms with van der Waals surface area (Å²) in [6, 6.07) is 17.4. The van der Waals surface area contributed by atoms with Gasteiger partial charge in [-0.15, -0.1) is 0 Å². The Bertz CT molecular complexity index is 992. The number of amides is 2. The van der Waals surface area contributed by atoms with Crippen LogP contribution < -0.4 is 10.2 Å². The number of amidine groups is 1. The zero-order valence-corrected chi connectivity index (χ0v) is 15.9. The molecule has 1 fully saturated rings. The van der Waals surface area contributed by atoms with Crippen LogP contribution in [0.2, 0.25) is 0 Å². The number of carbonyl (C=O) groups excluding carboxylic acids is 2. The van der Waals surface area contributed by atoms with Crippen LogP contribution >= 0.6 is 0 Å². The normalized spacial score (nSPS) is 25.2. The third-order valence-corrected chi connectivity index (χ3v) is 6.24. The van der Waals surface area contributed by atoms with Crippen LogP contribution in [0.5, 0.6) is 0 Å². The average molecular weight is 373 g/mol. The number of aliphatic imine (C=N–C) groups is 1. The Morgan fingerprint density at radius 1 is 1.00 bits per heavy atom. The third kappa shape index (κ3) is 2.42. The van der Waals surface area contributed by atoms with E-state index in [1.165, 1.54) is 0 Å². The number of rotatable bonds is 2. The summed E-state index contributed by atoms with van der Waals surface area (Å²) in [5.41, 5.74) is 0.834. The second kappa shape index (κ2) is 6.03. The molecule has 0 bridgehead atoms. The van der Waals surface area contributed by atoms with Crippen LogP contribution in [0.4, 0.5) is 5.69 Å². The molecule has 142 valence electrons. The van der Waals surface area contributed by atoms with Gasteiger partial charge in [0.05, 0.1) is 16.8 Å². The monoisotopic (exact) mass is 373 g/mol. The number of fused-ring (bicyclic) bond motifs is 3. The predicted molar refractivity (Wildman–Crippen MR) is 109 cm³/mol. The number of para-hydroxylation sites is 1. The summed E-state index contributed by atoms with van der Waals surface area (Å²) in [7, 11) is 0. The highest BCUT2D eigenvalue weighted by atomic mass is 16.2. The minimum Gasteiger partial charge on any atom is -0.339 e. The van der Waals surface area contributed by atoms with Gasteiger partial charge in [-0.05, 0) is 37.5 Å². The van der Waals surface area contributed by atoms with Crippen LogP contribution in [0.25, 0.3) is 0 Å². The van der Waals surface area contributed by atoms with Crippen molar-refractivity contribution in [3.8, 4) is 0 Å². The fourth-order valence-corrected chi connectivity index (χ4v) is 4.85. The zero-order valence-electron chi connectivity index (χ0n) is 15.9. The van der Waals surface area contributed by atoms with Crippen molar-refractivity contribution >= 4 is 23.3 Å². The Morgan fingerprint density at radius 3 is 2.43 bits per heavy atom. The largest absolute Gasteiger partial charge is 0.339 e. The number of hydrogen-bond donors (Lipinski definition) is 1. The molecule has 5 rings (SSSR count). The third-order valence-electron chi connectivity index (χ3n) is 6.24. The maximum absolute atomic E-state index is 13.6. The lowest BCUT2D eigenvalue weighted by molar-refractivity contribution is -0.121. The number of benzene rings is 2. The summed E-state index contributed by atoms with van der Waals surface area (Å²) < 4.78 is 0. The van der Waals surface area contributed by atoms with E-state index in [4.69, 9.17) is 4.99 Å². The molecule has 0 radical (unpaired) electrons. The number of nitrogens with zero attached hydrogens (tertiary/aromatic N) is 2. The second-order valence-electron chi connectivity index (χ2n) is 8.28. The van der Waals surface area contributed by atoms with Crippen LogP contribution in [0.15, 0.2) is 59.6 Å². The second-order valence-corrected chi connectivity index (χ2v) is 8.28. The van der Waals surface area contributed by atoms with Crippen molar-refractivity contribution in [2.24, 2.45) is 4.99 Å². The molecule has 1 saturated carbocycles. The first kappa shape index (κ1) is 17.2. The predicted octanol–water partition coefficient (Wildman–Crippen LogP) is 3.49. The SMILES string of the molecule is CC1(Cc2ccccc2)NC(=O)c2ccccc2N2C(=O)C3(CCCC3)N=C21. The van der Waals surface area contributed by atoms with E-state index in [2.05, 4.69) is 5.32 Å². The number of anilines is 1. The van der Waals surface area contributed by atoms with Crippen LogP contribution in [-0.2, 0) is 11.2 Å². The van der Waals surface area contributed by atoms with Gasteiger partial charge in [0.1, 0.15) is 11.4 Å². The molecular weight excluding hydrogens is 350 g/mol. The van der Waals surface area contributed by atoms with Crippen LogP contribution in [-0.4, -0.2) is 28.7 Å². The fraction of sp³-hybridized carbons (Fsp3) is 0.348. The molecule has 2 aromatic carbocycles. The Morgan fingerprint density at radius 2 is 1.68 bits per heavy atom. The smallest absolute Gasteiger partial charge is 0.260 e. The number of carbonyl (C=O) groups is 2. The van der Waals surface area contributed by atoms with E-state index in [-0.39, 0.29) is 11.8 Å². The zero-order chi connectivity index (χ0) is 19.4. The molecule has 0 aromatic heterocycles. The molecule has 5 heteroatoms. The summed E-state index contributed by atoms with van der Waals surface area (Å²) in [5.74, 6) is 0.518. The molecule has 1 N–H and O–H groups in total. The van der Waals surface area contributed by atoms with E-state index in [0.29, 0.717) is 23.5 Å². The van der Waals surface area contributed by atoms with E-state index >= 15 is 0 Å².